The van der Waals surface area contributed by atoms with Crippen molar-refractivity contribution < 1.29 is 19.2 Å². The van der Waals surface area contributed by atoms with Crippen LogP contribution in [0.1, 0.15) is 46.1 Å². The van der Waals surface area contributed by atoms with E-state index in [1.807, 2.05) is 12.1 Å². The molecule has 1 aromatic rings. The lowest BCUT2D eigenvalue weighted by atomic mass is 10.1. The number of benzene rings is 1. The van der Waals surface area contributed by atoms with Crippen molar-refractivity contribution in [3.63, 3.8) is 0 Å². The van der Waals surface area contributed by atoms with Crippen molar-refractivity contribution >= 4 is 31.8 Å². The summed E-state index contributed by atoms with van der Waals surface area (Å²) in [4.78, 5) is 39.9. The topological polar surface area (TPSA) is 63.7 Å². The molecule has 1 heterocycles. The van der Waals surface area contributed by atoms with Gasteiger partial charge in [0, 0.05) is 12.8 Å². The molecule has 0 saturated carbocycles. The number of hydrogen-bond acceptors (Lipinski definition) is 4. The highest BCUT2D eigenvalue weighted by molar-refractivity contribution is 6.73. The van der Waals surface area contributed by atoms with Crippen LogP contribution in [0.5, 0.6) is 0 Å². The minimum Gasteiger partial charge on any atom is -0.330 e. The number of hydrogen-bond donors (Lipinski definition) is 0. The zero-order valence-electron chi connectivity index (χ0n) is 16.1. The van der Waals surface area contributed by atoms with E-state index >= 15 is 0 Å². The number of rotatable bonds is 8. The van der Waals surface area contributed by atoms with Gasteiger partial charge in [0.2, 0.25) is 0 Å². The Hall–Kier alpha value is -1.95. The van der Waals surface area contributed by atoms with Gasteiger partial charge in [0.05, 0.1) is 23.7 Å². The highest BCUT2D eigenvalue weighted by Gasteiger charge is 2.33. The predicted molar refractivity (Wildman–Crippen MR) is 102 cm³/mol. The van der Waals surface area contributed by atoms with Crippen LogP contribution >= 0.6 is 0 Å². The number of nitrogens with zero attached hydrogens (tertiary/aromatic N) is 1. The van der Waals surface area contributed by atoms with Gasteiger partial charge in [-0.1, -0.05) is 39.8 Å². The first kappa shape index (κ1) is 20.4. The van der Waals surface area contributed by atoms with Crippen LogP contribution in [0.3, 0.4) is 0 Å². The Balaban J connectivity index is 1.98. The number of amides is 2. The summed E-state index contributed by atoms with van der Waals surface area (Å²) in [5, 5.41) is 1.99. The molecular formula is C20H28NO4Si+. The molecule has 0 radical (unpaired) electrons. The van der Waals surface area contributed by atoms with Crippen molar-refractivity contribution in [2.24, 2.45) is 11.8 Å². The van der Waals surface area contributed by atoms with E-state index in [4.69, 9.17) is 4.84 Å². The minimum atomic E-state index is -0.612. The van der Waals surface area contributed by atoms with Crippen LogP contribution in [0.15, 0.2) is 24.3 Å². The average Bonchev–Trinajstić information content (AvgIpc) is 2.86. The molecule has 6 heteroatoms. The summed E-state index contributed by atoms with van der Waals surface area (Å²) in [6.45, 7) is 9.04. The summed E-state index contributed by atoms with van der Waals surface area (Å²) < 4.78 is 0. The molecule has 2 rings (SSSR count). The molecule has 1 aromatic carbocycles. The zero-order valence-corrected chi connectivity index (χ0v) is 17.1. The largest absolute Gasteiger partial charge is 0.352 e. The summed E-state index contributed by atoms with van der Waals surface area (Å²) in [5.74, 6) is -0.140. The van der Waals surface area contributed by atoms with Crippen LogP contribution in [-0.2, 0) is 25.6 Å². The van der Waals surface area contributed by atoms with Gasteiger partial charge >= 0.3 is 14.8 Å². The van der Waals surface area contributed by atoms with Gasteiger partial charge in [-0.2, -0.15) is 0 Å². The monoisotopic (exact) mass is 374 g/mol. The molecule has 5 nitrogen and oxygen atoms in total. The summed E-state index contributed by atoms with van der Waals surface area (Å²) in [6.07, 6.45) is 0.266. The molecule has 0 unspecified atom stereocenters. The summed E-state index contributed by atoms with van der Waals surface area (Å²) in [7, 11) is -0.612. The van der Waals surface area contributed by atoms with E-state index < -0.39 is 26.6 Å². The molecule has 0 N–H and O–H groups in total. The van der Waals surface area contributed by atoms with Gasteiger partial charge in [0.1, 0.15) is 0 Å². The van der Waals surface area contributed by atoms with E-state index in [0.29, 0.717) is 16.9 Å². The molecule has 1 aliphatic heterocycles. The van der Waals surface area contributed by atoms with Gasteiger partial charge in [-0.15, -0.1) is 5.06 Å². The smallest absolute Gasteiger partial charge is 0.330 e. The third-order valence-electron chi connectivity index (χ3n) is 4.22. The lowest BCUT2D eigenvalue weighted by Crippen LogP contribution is -2.33. The fourth-order valence-electron chi connectivity index (χ4n) is 3.12. The SMILES string of the molecule is CC(C)C[Si+](CC(C)C)c1ccc(CC(=O)ON2C(=O)CCC2=O)cc1. The number of carbonyl (C=O) groups excluding carboxylic acids is 3. The third kappa shape index (κ3) is 5.80. The predicted octanol–water partition coefficient (Wildman–Crippen LogP) is 2.85. The summed E-state index contributed by atoms with van der Waals surface area (Å²) >= 11 is 0. The molecule has 0 aliphatic carbocycles. The molecule has 0 aromatic heterocycles. The molecule has 1 aliphatic rings. The highest BCUT2D eigenvalue weighted by Crippen LogP contribution is 2.16. The van der Waals surface area contributed by atoms with Crippen LogP contribution in [0.2, 0.25) is 12.1 Å². The number of hydroxylamine groups is 2. The van der Waals surface area contributed by atoms with E-state index in [9.17, 15) is 14.4 Å². The Morgan fingerprint density at radius 1 is 1.00 bits per heavy atom. The van der Waals surface area contributed by atoms with Crippen LogP contribution < -0.4 is 5.19 Å². The molecule has 0 atom stereocenters. The van der Waals surface area contributed by atoms with Gasteiger partial charge in [-0.25, -0.2) is 4.79 Å². The van der Waals surface area contributed by atoms with E-state index in [2.05, 4.69) is 39.8 Å². The molecule has 140 valence electrons. The lowest BCUT2D eigenvalue weighted by Gasteiger charge is -2.12. The number of carbonyl (C=O) groups is 3. The van der Waals surface area contributed by atoms with Crippen molar-refractivity contribution in [1.82, 2.24) is 5.06 Å². The molecule has 0 bridgehead atoms. The number of imide groups is 1. The molecular weight excluding hydrogens is 346 g/mol. The van der Waals surface area contributed by atoms with Gasteiger partial charge in [0.25, 0.3) is 11.8 Å². The maximum absolute atomic E-state index is 12.0. The van der Waals surface area contributed by atoms with E-state index in [0.717, 1.165) is 5.56 Å². The summed E-state index contributed by atoms with van der Waals surface area (Å²) in [5.41, 5.74) is 0.827. The standard InChI is InChI=1S/C20H28NO4Si/c1-14(2)12-26(13-15(3)4)17-7-5-16(6-8-17)11-20(24)25-21-18(22)9-10-19(21)23/h5-8,14-15H,9-13H2,1-4H3/q+1. The van der Waals surface area contributed by atoms with Crippen LogP contribution in [0.4, 0.5) is 0 Å². The first-order valence-corrected chi connectivity index (χ1v) is 11.2. The Morgan fingerprint density at radius 3 is 1.96 bits per heavy atom. The fourth-order valence-corrected chi connectivity index (χ4v) is 6.37. The van der Waals surface area contributed by atoms with Gasteiger partial charge in [-0.3, -0.25) is 9.59 Å². The second-order valence-corrected chi connectivity index (χ2v) is 10.3. The lowest BCUT2D eigenvalue weighted by molar-refractivity contribution is -0.197. The van der Waals surface area contributed by atoms with Crippen molar-refractivity contribution in [2.45, 2.75) is 59.0 Å². The molecule has 1 saturated heterocycles. The normalized spacial score (nSPS) is 14.5. The van der Waals surface area contributed by atoms with Crippen LogP contribution in [-0.4, -0.2) is 31.6 Å². The van der Waals surface area contributed by atoms with Gasteiger partial charge in [0.15, 0.2) is 0 Å². The van der Waals surface area contributed by atoms with Crippen molar-refractivity contribution in [3.8, 4) is 0 Å². The molecule has 26 heavy (non-hydrogen) atoms. The van der Waals surface area contributed by atoms with E-state index in [-0.39, 0.29) is 19.3 Å². The fraction of sp³-hybridized carbons (Fsp3) is 0.550. The maximum Gasteiger partial charge on any atom is 0.352 e. The maximum atomic E-state index is 12.0. The van der Waals surface area contributed by atoms with Crippen molar-refractivity contribution in [1.29, 1.82) is 0 Å². The van der Waals surface area contributed by atoms with Crippen LogP contribution in [0.25, 0.3) is 0 Å². The van der Waals surface area contributed by atoms with Gasteiger partial charge in [-0.05, 0) is 29.5 Å². The second kappa shape index (κ2) is 9.12. The first-order chi connectivity index (χ1) is 12.3. The van der Waals surface area contributed by atoms with E-state index in [1.165, 1.54) is 17.3 Å². The quantitative estimate of drug-likeness (QED) is 0.518. The minimum absolute atomic E-state index is 0.0494. The Kier molecular flexibility index (Phi) is 7.14. The van der Waals surface area contributed by atoms with Crippen LogP contribution in [0, 0.1) is 11.8 Å². The first-order valence-electron chi connectivity index (χ1n) is 9.26. The summed E-state index contributed by atoms with van der Waals surface area (Å²) in [6, 6.07) is 10.6. The zero-order chi connectivity index (χ0) is 19.3. The molecule has 2 amide bonds. The highest BCUT2D eigenvalue weighted by atomic mass is 28.3. The van der Waals surface area contributed by atoms with Crippen molar-refractivity contribution in [2.75, 3.05) is 0 Å². The Morgan fingerprint density at radius 2 is 1.50 bits per heavy atom. The van der Waals surface area contributed by atoms with Gasteiger partial charge < -0.3 is 4.84 Å². The second-order valence-electron chi connectivity index (χ2n) is 7.72. The average molecular weight is 375 g/mol. The molecule has 0 spiro atoms. The molecule has 1 fully saturated rings. The van der Waals surface area contributed by atoms with E-state index in [1.54, 1.807) is 0 Å². The Labute approximate surface area is 157 Å². The van der Waals surface area contributed by atoms with Crippen molar-refractivity contribution in [3.05, 3.63) is 29.8 Å². The Bertz CT molecular complexity index is 628. The third-order valence-corrected chi connectivity index (χ3v) is 7.99.